The molecule has 0 heteroatoms. The van der Waals surface area contributed by atoms with Crippen molar-refractivity contribution in [1.82, 2.24) is 0 Å². The number of benzene rings is 1. The van der Waals surface area contributed by atoms with Crippen molar-refractivity contribution >= 4 is 0 Å². The van der Waals surface area contributed by atoms with Gasteiger partial charge in [0.05, 0.1) is 0 Å². The van der Waals surface area contributed by atoms with Crippen LogP contribution in [-0.4, -0.2) is 0 Å². The molecule has 1 aromatic carbocycles. The number of hydrogen-bond donors (Lipinski definition) is 0. The lowest BCUT2D eigenvalue weighted by Gasteiger charge is -2.02. The minimum Gasteiger partial charge on any atom is -0.104 e. The summed E-state index contributed by atoms with van der Waals surface area (Å²) in [5.74, 6) is 6.27. The largest absolute Gasteiger partial charge is 0.104 e. The predicted molar refractivity (Wildman–Crippen MR) is 62.3 cm³/mol. The minimum atomic E-state index is 0.965. The predicted octanol–water partition coefficient (Wildman–Crippen LogP) is 3.65. The smallest absolute Gasteiger partial charge is 0.0129 e. The van der Waals surface area contributed by atoms with Crippen LogP contribution < -0.4 is 0 Å². The lowest BCUT2D eigenvalue weighted by atomic mass is 10.0. The summed E-state index contributed by atoms with van der Waals surface area (Å²) < 4.78 is 0. The van der Waals surface area contributed by atoms with Crippen LogP contribution in [0.3, 0.4) is 0 Å². The summed E-state index contributed by atoms with van der Waals surface area (Å²) in [6, 6.07) is 6.71. The fourth-order valence-corrected chi connectivity index (χ4v) is 1.63. The molecule has 0 heterocycles. The van der Waals surface area contributed by atoms with Gasteiger partial charge in [0.1, 0.15) is 0 Å². The Morgan fingerprint density at radius 3 is 2.21 bits per heavy atom. The molecule has 0 N–H and O–H groups in total. The van der Waals surface area contributed by atoms with E-state index >= 15 is 0 Å². The van der Waals surface area contributed by atoms with Crippen molar-refractivity contribution in [1.29, 1.82) is 0 Å². The molecular weight excluding hydrogens is 168 g/mol. The van der Waals surface area contributed by atoms with Crippen LogP contribution in [0.1, 0.15) is 36.5 Å². The highest BCUT2D eigenvalue weighted by Gasteiger charge is 1.94. The van der Waals surface area contributed by atoms with Gasteiger partial charge in [-0.05, 0) is 25.8 Å². The summed E-state index contributed by atoms with van der Waals surface area (Å²) in [6.45, 7) is 6.38. The molecule has 0 saturated carbocycles. The Morgan fingerprint density at radius 2 is 1.64 bits per heavy atom. The van der Waals surface area contributed by atoms with Gasteiger partial charge in [-0.1, -0.05) is 36.2 Å². The maximum absolute atomic E-state index is 3.17. The van der Waals surface area contributed by atoms with E-state index in [-0.39, 0.29) is 0 Å². The molecule has 0 aliphatic carbocycles. The van der Waals surface area contributed by atoms with Gasteiger partial charge in [0.15, 0.2) is 0 Å². The van der Waals surface area contributed by atoms with E-state index in [0.717, 1.165) is 19.3 Å². The minimum absolute atomic E-state index is 0.965. The van der Waals surface area contributed by atoms with Crippen LogP contribution in [0.2, 0.25) is 0 Å². The van der Waals surface area contributed by atoms with Crippen LogP contribution in [0.5, 0.6) is 0 Å². The van der Waals surface area contributed by atoms with Gasteiger partial charge in [0.2, 0.25) is 0 Å². The van der Waals surface area contributed by atoms with E-state index < -0.39 is 0 Å². The molecule has 0 saturated heterocycles. The third-order valence-electron chi connectivity index (χ3n) is 2.12. The van der Waals surface area contributed by atoms with E-state index in [2.05, 4.69) is 50.8 Å². The third-order valence-corrected chi connectivity index (χ3v) is 2.12. The van der Waals surface area contributed by atoms with Crippen molar-refractivity contribution < 1.29 is 0 Å². The Labute approximate surface area is 87.4 Å². The van der Waals surface area contributed by atoms with Gasteiger partial charge >= 0.3 is 0 Å². The molecule has 1 rings (SSSR count). The summed E-state index contributed by atoms with van der Waals surface area (Å²) >= 11 is 0. The zero-order chi connectivity index (χ0) is 10.4. The van der Waals surface area contributed by atoms with Crippen LogP contribution in [0.25, 0.3) is 0 Å². The molecule has 0 radical (unpaired) electrons. The van der Waals surface area contributed by atoms with Crippen molar-refractivity contribution in [2.45, 2.75) is 40.0 Å². The lowest BCUT2D eigenvalue weighted by Crippen LogP contribution is -1.87. The van der Waals surface area contributed by atoms with Gasteiger partial charge in [0, 0.05) is 12.8 Å². The number of rotatable bonds is 2. The molecule has 0 aromatic heterocycles. The molecule has 0 fully saturated rings. The highest BCUT2D eigenvalue weighted by Crippen LogP contribution is 2.10. The number of hydrogen-bond acceptors (Lipinski definition) is 0. The van der Waals surface area contributed by atoms with Gasteiger partial charge in [-0.3, -0.25) is 0 Å². The van der Waals surface area contributed by atoms with Crippen molar-refractivity contribution in [3.63, 3.8) is 0 Å². The van der Waals surface area contributed by atoms with Gasteiger partial charge in [-0.25, -0.2) is 0 Å². The first-order valence-corrected chi connectivity index (χ1v) is 5.25. The fraction of sp³-hybridized carbons (Fsp3) is 0.429. The molecule has 0 spiro atoms. The average molecular weight is 186 g/mol. The Kier molecular flexibility index (Phi) is 4.26. The molecule has 0 aliphatic rings. The molecular formula is C14H18. The van der Waals surface area contributed by atoms with Crippen LogP contribution in [-0.2, 0) is 6.42 Å². The normalized spacial score (nSPS) is 9.36. The Hall–Kier alpha value is -1.22. The monoisotopic (exact) mass is 186 g/mol. The second kappa shape index (κ2) is 5.50. The average Bonchev–Trinajstić information content (AvgIpc) is 2.11. The Morgan fingerprint density at radius 1 is 1.00 bits per heavy atom. The van der Waals surface area contributed by atoms with Crippen molar-refractivity contribution in [3.05, 3.63) is 34.9 Å². The standard InChI is InChI=1S/C14H18/c1-4-5-6-7-8-14-10-12(2)9-13(3)11-14/h9-11H,4,7-8H2,1-3H3. The molecule has 1 aromatic rings. The molecule has 0 nitrogen and oxygen atoms in total. The lowest BCUT2D eigenvalue weighted by molar-refractivity contribution is 1.02. The summed E-state index contributed by atoms with van der Waals surface area (Å²) in [5, 5.41) is 0. The maximum Gasteiger partial charge on any atom is 0.0129 e. The van der Waals surface area contributed by atoms with Crippen molar-refractivity contribution in [2.75, 3.05) is 0 Å². The van der Waals surface area contributed by atoms with Gasteiger partial charge in [-0.2, -0.15) is 0 Å². The number of aryl methyl sites for hydroxylation is 3. The SMILES string of the molecule is CCC#CCCc1cc(C)cc(C)c1. The van der Waals surface area contributed by atoms with E-state index in [1.54, 1.807) is 0 Å². The van der Waals surface area contributed by atoms with E-state index in [1.807, 2.05) is 0 Å². The molecule has 14 heavy (non-hydrogen) atoms. The van der Waals surface area contributed by atoms with E-state index in [0.29, 0.717) is 0 Å². The molecule has 74 valence electrons. The van der Waals surface area contributed by atoms with E-state index in [9.17, 15) is 0 Å². The summed E-state index contributed by atoms with van der Waals surface area (Å²) in [5.41, 5.74) is 4.11. The van der Waals surface area contributed by atoms with Gasteiger partial charge < -0.3 is 0 Å². The van der Waals surface area contributed by atoms with Crippen LogP contribution in [0.15, 0.2) is 18.2 Å². The first-order valence-electron chi connectivity index (χ1n) is 5.25. The summed E-state index contributed by atoms with van der Waals surface area (Å²) in [4.78, 5) is 0. The fourth-order valence-electron chi connectivity index (χ4n) is 1.63. The van der Waals surface area contributed by atoms with Crippen LogP contribution >= 0.6 is 0 Å². The first-order chi connectivity index (χ1) is 6.72. The van der Waals surface area contributed by atoms with Gasteiger partial charge in [-0.15, -0.1) is 11.8 Å². The highest BCUT2D eigenvalue weighted by molar-refractivity contribution is 5.29. The third kappa shape index (κ3) is 3.66. The molecule has 0 bridgehead atoms. The second-order valence-corrected chi connectivity index (χ2v) is 3.70. The van der Waals surface area contributed by atoms with Crippen LogP contribution in [0, 0.1) is 25.7 Å². The quantitative estimate of drug-likeness (QED) is 0.618. The Balaban J connectivity index is 2.58. The van der Waals surface area contributed by atoms with Crippen molar-refractivity contribution in [3.8, 4) is 11.8 Å². The zero-order valence-electron chi connectivity index (χ0n) is 9.35. The van der Waals surface area contributed by atoms with E-state index in [1.165, 1.54) is 16.7 Å². The van der Waals surface area contributed by atoms with Gasteiger partial charge in [0.25, 0.3) is 0 Å². The molecule has 0 aliphatic heterocycles. The van der Waals surface area contributed by atoms with Crippen LogP contribution in [0.4, 0.5) is 0 Å². The first kappa shape index (κ1) is 10.9. The molecule has 0 atom stereocenters. The topological polar surface area (TPSA) is 0 Å². The zero-order valence-corrected chi connectivity index (χ0v) is 9.35. The maximum atomic E-state index is 3.17. The summed E-state index contributed by atoms with van der Waals surface area (Å²) in [7, 11) is 0. The molecule has 0 amide bonds. The highest BCUT2D eigenvalue weighted by atomic mass is 14.0. The summed E-state index contributed by atoms with van der Waals surface area (Å²) in [6.07, 6.45) is 3.03. The Bertz CT molecular complexity index is 330. The second-order valence-electron chi connectivity index (χ2n) is 3.70. The van der Waals surface area contributed by atoms with E-state index in [4.69, 9.17) is 0 Å². The van der Waals surface area contributed by atoms with Crippen molar-refractivity contribution in [2.24, 2.45) is 0 Å². The molecule has 0 unspecified atom stereocenters.